The van der Waals surface area contributed by atoms with Gasteiger partial charge in [0.2, 0.25) is 0 Å². The van der Waals surface area contributed by atoms with Crippen LogP contribution in [-0.2, 0) is 24.3 Å². The molecule has 0 saturated heterocycles. The first-order chi connectivity index (χ1) is 26.1. The van der Waals surface area contributed by atoms with E-state index in [0.29, 0.717) is 58.3 Å². The zero-order valence-corrected chi connectivity index (χ0v) is 32.9. The van der Waals surface area contributed by atoms with E-state index in [0.717, 1.165) is 54.4 Å². The largest absolute Gasteiger partial charge is 0.476 e. The average molecular weight is 766 g/mol. The minimum Gasteiger partial charge on any atom is -0.476 e. The lowest BCUT2D eigenvalue weighted by Gasteiger charge is -2.61. The molecule has 55 heavy (non-hydrogen) atoms. The molecular formula is C42H48FN7O4S. The van der Waals surface area contributed by atoms with Crippen LogP contribution in [0.4, 0.5) is 15.3 Å². The molecule has 1 amide bonds. The van der Waals surface area contributed by atoms with Gasteiger partial charge >= 0.3 is 5.97 Å². The molecule has 2 aliphatic carbocycles. The number of halogens is 1. The number of pyridine rings is 1. The van der Waals surface area contributed by atoms with Gasteiger partial charge in [0.15, 0.2) is 10.8 Å². The monoisotopic (exact) mass is 765 g/mol. The summed E-state index contributed by atoms with van der Waals surface area (Å²) >= 11 is 1.37. The number of carbonyl (C=O) groups excluding carboxylic acids is 1. The van der Waals surface area contributed by atoms with Crippen molar-refractivity contribution in [3.05, 3.63) is 88.6 Å². The number of rotatable bonds is 9. The molecule has 2 bridgehead atoms. The normalized spacial score (nSPS) is 26.2. The summed E-state index contributed by atoms with van der Waals surface area (Å²) in [6.07, 6.45) is 7.97. The molecule has 5 aromatic rings. The average Bonchev–Trinajstić information content (AvgIpc) is 3.71. The molecule has 13 heteroatoms. The van der Waals surface area contributed by atoms with Crippen LogP contribution in [0.1, 0.15) is 104 Å². The number of amides is 1. The maximum Gasteiger partial charge on any atom is 0.355 e. The third kappa shape index (κ3) is 6.80. The van der Waals surface area contributed by atoms with E-state index in [1.165, 1.54) is 23.5 Å². The highest BCUT2D eigenvalue weighted by molar-refractivity contribution is 7.22. The Morgan fingerprint density at radius 3 is 2.49 bits per heavy atom. The number of nitrogens with two attached hydrogens (primary N) is 1. The first-order valence-corrected chi connectivity index (χ1v) is 19.8. The predicted molar refractivity (Wildman–Crippen MR) is 212 cm³/mol. The zero-order valence-electron chi connectivity index (χ0n) is 32.0. The van der Waals surface area contributed by atoms with Crippen molar-refractivity contribution in [1.29, 1.82) is 0 Å². The fraction of sp³-hybridized carbons (Fsp3) is 0.452. The van der Waals surface area contributed by atoms with Gasteiger partial charge in [0, 0.05) is 42.0 Å². The van der Waals surface area contributed by atoms with Gasteiger partial charge in [-0.25, -0.2) is 25.0 Å². The fourth-order valence-corrected chi connectivity index (χ4v) is 11.6. The summed E-state index contributed by atoms with van der Waals surface area (Å²) in [6.45, 7) is 12.5. The summed E-state index contributed by atoms with van der Waals surface area (Å²) in [5.74, 6) is 4.59. The number of aromatic nitrogens is 4. The van der Waals surface area contributed by atoms with Crippen molar-refractivity contribution >= 4 is 44.4 Å². The van der Waals surface area contributed by atoms with Gasteiger partial charge in [0.1, 0.15) is 11.6 Å². The molecule has 2 fully saturated rings. The van der Waals surface area contributed by atoms with Crippen LogP contribution >= 0.6 is 11.3 Å². The van der Waals surface area contributed by atoms with Crippen molar-refractivity contribution in [2.24, 2.45) is 22.1 Å². The molecule has 288 valence electrons. The van der Waals surface area contributed by atoms with Gasteiger partial charge in [-0.1, -0.05) is 57.6 Å². The smallest absolute Gasteiger partial charge is 0.355 e. The first-order valence-electron chi connectivity index (χ1n) is 19.0. The number of thiazole rings is 1. The summed E-state index contributed by atoms with van der Waals surface area (Å²) in [5, 5.41) is 18.6. The summed E-state index contributed by atoms with van der Waals surface area (Å²) in [6, 6.07) is 14.0. The summed E-state index contributed by atoms with van der Waals surface area (Å²) in [5.41, 5.74) is 3.79. The maximum absolute atomic E-state index is 15.1. The topological polar surface area (TPSA) is 148 Å². The highest BCUT2D eigenvalue weighted by Crippen LogP contribution is 2.63. The van der Waals surface area contributed by atoms with Gasteiger partial charge in [-0.05, 0) is 109 Å². The van der Waals surface area contributed by atoms with Gasteiger partial charge in [0.25, 0.3) is 5.91 Å². The van der Waals surface area contributed by atoms with Gasteiger partial charge in [-0.3, -0.25) is 19.6 Å². The van der Waals surface area contributed by atoms with Crippen molar-refractivity contribution in [3.63, 3.8) is 0 Å². The molecule has 4 N–H and O–H groups in total. The number of hydrogen-bond acceptors (Lipinski definition) is 9. The number of fused-ring (bicyclic) bond motifs is 4. The minimum absolute atomic E-state index is 0.0806. The van der Waals surface area contributed by atoms with Crippen molar-refractivity contribution in [2.45, 2.75) is 98.3 Å². The number of carboxylic acids is 1. The van der Waals surface area contributed by atoms with Gasteiger partial charge < -0.3 is 10.0 Å². The number of aromatic carboxylic acids is 1. The molecule has 3 aromatic heterocycles. The lowest BCUT2D eigenvalue weighted by atomic mass is 9.47. The van der Waals surface area contributed by atoms with Crippen molar-refractivity contribution < 1.29 is 23.9 Å². The second-order valence-electron chi connectivity index (χ2n) is 17.3. The number of para-hydroxylation sites is 1. The van der Waals surface area contributed by atoms with E-state index in [4.69, 9.17) is 15.8 Å². The van der Waals surface area contributed by atoms with Crippen molar-refractivity contribution in [2.75, 3.05) is 16.8 Å². The van der Waals surface area contributed by atoms with Crippen LogP contribution in [0.2, 0.25) is 0 Å². The molecule has 4 atom stereocenters. The maximum atomic E-state index is 15.1. The van der Waals surface area contributed by atoms with Gasteiger partial charge in [0.05, 0.1) is 22.0 Å². The minimum atomic E-state index is -1.16. The van der Waals surface area contributed by atoms with E-state index in [2.05, 4.69) is 43.0 Å². The van der Waals surface area contributed by atoms with E-state index in [1.807, 2.05) is 40.8 Å². The SMILES string of the molecule is CCC1(C)CC2(C)CC(C)(Cn3ncc(-c4ccc(N5CCc6c(F)ccc(C(=O)Nc7nc8ccccc8s7)c6C5)nc4C(=O)O)c3C)CC(ON)(C1)C2. The van der Waals surface area contributed by atoms with E-state index in [1.54, 1.807) is 18.3 Å². The number of hydrogen-bond donors (Lipinski definition) is 3. The highest BCUT2D eigenvalue weighted by atomic mass is 32.1. The zero-order chi connectivity index (χ0) is 38.9. The van der Waals surface area contributed by atoms with Crippen LogP contribution in [0.25, 0.3) is 21.3 Å². The molecule has 0 spiro atoms. The molecule has 2 aromatic carbocycles. The van der Waals surface area contributed by atoms with Gasteiger partial charge in [-0.15, -0.1) is 0 Å². The third-order valence-electron chi connectivity index (χ3n) is 12.5. The number of anilines is 2. The Kier molecular flexibility index (Phi) is 9.13. The van der Waals surface area contributed by atoms with Crippen LogP contribution in [0.3, 0.4) is 0 Å². The quantitative estimate of drug-likeness (QED) is 0.126. The predicted octanol–water partition coefficient (Wildman–Crippen LogP) is 8.55. The molecule has 1 aliphatic heterocycles. The fourth-order valence-electron chi connectivity index (χ4n) is 10.7. The third-order valence-corrected chi connectivity index (χ3v) is 13.5. The summed E-state index contributed by atoms with van der Waals surface area (Å²) < 4.78 is 18.1. The van der Waals surface area contributed by atoms with E-state index < -0.39 is 11.6 Å². The second kappa shape index (κ2) is 13.5. The van der Waals surface area contributed by atoms with Crippen LogP contribution < -0.4 is 16.1 Å². The molecule has 4 unspecified atom stereocenters. The molecule has 11 nitrogen and oxygen atoms in total. The highest BCUT2D eigenvalue weighted by Gasteiger charge is 2.59. The van der Waals surface area contributed by atoms with Crippen molar-refractivity contribution in [1.82, 2.24) is 19.7 Å². The van der Waals surface area contributed by atoms with Crippen LogP contribution in [0.5, 0.6) is 0 Å². The Bertz CT molecular complexity index is 2310. The van der Waals surface area contributed by atoms with E-state index in [9.17, 15) is 14.7 Å². The Hall–Kier alpha value is -4.72. The number of benzene rings is 2. The lowest BCUT2D eigenvalue weighted by Crippen LogP contribution is -2.58. The summed E-state index contributed by atoms with van der Waals surface area (Å²) in [7, 11) is 0. The standard InChI is InChI=1S/C42H48FN7O4S/c1-6-39(3)19-40(4)20-41(5,23-42(21-39,22-40)54-44)24-50-25(2)29(17-45-50)27-12-14-34(47-35(27)37(52)53)49-16-15-26-30(18-49)28(11-13-31(26)43)36(51)48-38-46-32-9-7-8-10-33(32)55-38/h7-14,17H,6,15-16,18-24,44H2,1-5H3,(H,52,53)(H,46,48,51). The molecule has 8 rings (SSSR count). The molecular weight excluding hydrogens is 718 g/mol. The Labute approximate surface area is 324 Å². The number of nitrogens with one attached hydrogen (secondary N) is 1. The molecule has 3 aliphatic rings. The van der Waals surface area contributed by atoms with Crippen molar-refractivity contribution in [3.8, 4) is 11.1 Å². The lowest BCUT2D eigenvalue weighted by molar-refractivity contribution is -0.199. The Morgan fingerprint density at radius 1 is 0.982 bits per heavy atom. The van der Waals surface area contributed by atoms with E-state index in [-0.39, 0.29) is 40.2 Å². The van der Waals surface area contributed by atoms with Crippen LogP contribution in [0.15, 0.2) is 54.7 Å². The Morgan fingerprint density at radius 2 is 1.75 bits per heavy atom. The molecule has 4 heterocycles. The molecule has 2 saturated carbocycles. The van der Waals surface area contributed by atoms with Crippen LogP contribution in [0, 0.1) is 29.0 Å². The first kappa shape index (κ1) is 37.2. The molecule has 0 radical (unpaired) electrons. The second-order valence-corrected chi connectivity index (χ2v) is 18.3. The Balaban J connectivity index is 1.04. The van der Waals surface area contributed by atoms with Gasteiger partial charge in [-0.2, -0.15) is 5.10 Å². The van der Waals surface area contributed by atoms with Crippen LogP contribution in [-0.4, -0.2) is 48.9 Å². The summed E-state index contributed by atoms with van der Waals surface area (Å²) in [4.78, 5) is 43.3. The number of carbonyl (C=O) groups is 2. The number of nitrogens with zero attached hydrogens (tertiary/aromatic N) is 5. The van der Waals surface area contributed by atoms with E-state index >= 15 is 4.39 Å². The number of carboxylic acid groups (broad SMARTS) is 1.